The minimum absolute atomic E-state index is 0.0281. The summed E-state index contributed by atoms with van der Waals surface area (Å²) in [6.07, 6.45) is 3.37. The topological polar surface area (TPSA) is 37.4 Å². The fraction of sp³-hybridized carbons (Fsp3) is 0.471. The quantitative estimate of drug-likeness (QED) is 0.939. The van der Waals surface area contributed by atoms with Gasteiger partial charge in [0.2, 0.25) is 0 Å². The molecule has 0 amide bonds. The summed E-state index contributed by atoms with van der Waals surface area (Å²) in [4.78, 5) is 6.22. The Bertz CT molecular complexity index is 700. The number of halogens is 2. The number of fused-ring (bicyclic) bond motifs is 1. The summed E-state index contributed by atoms with van der Waals surface area (Å²) >= 11 is 0. The van der Waals surface area contributed by atoms with Crippen LogP contribution in [0.3, 0.4) is 0 Å². The molecule has 1 N–H and O–H groups in total. The van der Waals surface area contributed by atoms with Gasteiger partial charge in [0.15, 0.2) is 5.82 Å². The van der Waals surface area contributed by atoms with Gasteiger partial charge in [-0.1, -0.05) is 0 Å². The predicted octanol–water partition coefficient (Wildman–Crippen LogP) is 3.04. The first-order valence-corrected chi connectivity index (χ1v) is 7.75. The van der Waals surface area contributed by atoms with Gasteiger partial charge in [0.1, 0.15) is 11.3 Å². The third-order valence-electron chi connectivity index (χ3n) is 4.74. The average molecular weight is 321 g/mol. The largest absolute Gasteiger partial charge is 0.383 e. The van der Waals surface area contributed by atoms with E-state index in [9.17, 15) is 8.78 Å². The molecule has 0 spiro atoms. The smallest absolute Gasteiger partial charge is 0.152 e. The summed E-state index contributed by atoms with van der Waals surface area (Å²) in [7, 11) is 4.11. The Morgan fingerprint density at radius 2 is 2.00 bits per heavy atom. The van der Waals surface area contributed by atoms with Crippen molar-refractivity contribution in [2.75, 3.05) is 39.2 Å². The molecular formula is C17H21F2N3O. The zero-order valence-electron chi connectivity index (χ0n) is 13.4. The molecule has 1 saturated heterocycles. The van der Waals surface area contributed by atoms with E-state index in [2.05, 4.69) is 29.3 Å². The number of rotatable bonds is 4. The van der Waals surface area contributed by atoms with Crippen molar-refractivity contribution in [3.63, 3.8) is 0 Å². The molecule has 0 aliphatic carbocycles. The number of benzene rings is 1. The van der Waals surface area contributed by atoms with Crippen LogP contribution >= 0.6 is 0 Å². The van der Waals surface area contributed by atoms with Crippen molar-refractivity contribution in [1.29, 1.82) is 0 Å². The molecule has 2 heterocycles. The van der Waals surface area contributed by atoms with Crippen molar-refractivity contribution in [2.24, 2.45) is 0 Å². The third-order valence-corrected chi connectivity index (χ3v) is 4.74. The Kier molecular flexibility index (Phi) is 4.46. The van der Waals surface area contributed by atoms with Gasteiger partial charge in [0, 0.05) is 48.6 Å². The van der Waals surface area contributed by atoms with Gasteiger partial charge in [-0.15, -0.1) is 0 Å². The molecule has 0 bridgehead atoms. The molecule has 23 heavy (non-hydrogen) atoms. The molecule has 4 nitrogen and oxygen atoms in total. The maximum atomic E-state index is 13.9. The zero-order valence-corrected chi connectivity index (χ0v) is 13.4. The van der Waals surface area contributed by atoms with E-state index in [1.54, 1.807) is 6.07 Å². The van der Waals surface area contributed by atoms with Crippen LogP contribution in [0.2, 0.25) is 0 Å². The minimum Gasteiger partial charge on any atom is -0.383 e. The highest BCUT2D eigenvalue weighted by Crippen LogP contribution is 2.29. The SMILES string of the molecule is CN(C)C1(CNc2ccnc3c(F)cc(F)cc23)CCOCC1. The molecule has 1 aromatic heterocycles. The highest BCUT2D eigenvalue weighted by molar-refractivity contribution is 5.91. The zero-order chi connectivity index (χ0) is 16.4. The van der Waals surface area contributed by atoms with Gasteiger partial charge < -0.3 is 15.0 Å². The van der Waals surface area contributed by atoms with Crippen LogP contribution < -0.4 is 5.32 Å². The minimum atomic E-state index is -0.642. The standard InChI is InChI=1S/C17H21F2N3O/c1-22(2)17(4-7-23-8-5-17)11-21-15-3-6-20-16-13(15)9-12(18)10-14(16)19/h3,6,9-10H,4-5,7-8,11H2,1-2H3,(H,20,21). The van der Waals surface area contributed by atoms with Crippen LogP contribution in [-0.2, 0) is 4.74 Å². The number of nitrogens with one attached hydrogen (secondary N) is 1. The third kappa shape index (κ3) is 3.14. The van der Waals surface area contributed by atoms with Crippen LogP contribution in [0.15, 0.2) is 24.4 Å². The molecule has 0 saturated carbocycles. The van der Waals surface area contributed by atoms with Crippen molar-refractivity contribution in [3.05, 3.63) is 36.0 Å². The molecule has 1 aliphatic heterocycles. The second-order valence-electron chi connectivity index (χ2n) is 6.23. The van der Waals surface area contributed by atoms with Crippen molar-refractivity contribution < 1.29 is 13.5 Å². The first-order chi connectivity index (χ1) is 11.0. The Morgan fingerprint density at radius 1 is 1.26 bits per heavy atom. The summed E-state index contributed by atoms with van der Waals surface area (Å²) in [5.74, 6) is -1.24. The van der Waals surface area contributed by atoms with E-state index < -0.39 is 11.6 Å². The fourth-order valence-corrected chi connectivity index (χ4v) is 3.13. The van der Waals surface area contributed by atoms with E-state index in [4.69, 9.17) is 4.74 Å². The van der Waals surface area contributed by atoms with E-state index in [1.165, 1.54) is 12.3 Å². The first-order valence-electron chi connectivity index (χ1n) is 7.75. The van der Waals surface area contributed by atoms with Crippen LogP contribution in [0.4, 0.5) is 14.5 Å². The number of hydrogen-bond donors (Lipinski definition) is 1. The highest BCUT2D eigenvalue weighted by atomic mass is 19.1. The summed E-state index contributed by atoms with van der Waals surface area (Å²) < 4.78 is 32.9. The molecule has 124 valence electrons. The summed E-state index contributed by atoms with van der Waals surface area (Å²) in [6, 6.07) is 3.93. The van der Waals surface area contributed by atoms with Gasteiger partial charge in [-0.25, -0.2) is 8.78 Å². The Labute approximate surface area is 134 Å². The number of aromatic nitrogens is 1. The lowest BCUT2D eigenvalue weighted by atomic mass is 9.88. The van der Waals surface area contributed by atoms with Crippen molar-refractivity contribution in [1.82, 2.24) is 9.88 Å². The molecule has 2 aromatic rings. The van der Waals surface area contributed by atoms with Crippen molar-refractivity contribution in [2.45, 2.75) is 18.4 Å². The molecule has 1 fully saturated rings. The van der Waals surface area contributed by atoms with Gasteiger partial charge in [0.25, 0.3) is 0 Å². The highest BCUT2D eigenvalue weighted by Gasteiger charge is 2.34. The van der Waals surface area contributed by atoms with E-state index in [-0.39, 0.29) is 11.1 Å². The molecule has 0 radical (unpaired) electrons. The number of nitrogens with zero attached hydrogens (tertiary/aromatic N) is 2. The van der Waals surface area contributed by atoms with Crippen LogP contribution in [0.1, 0.15) is 12.8 Å². The summed E-state index contributed by atoms with van der Waals surface area (Å²) in [5.41, 5.74) is 0.850. The van der Waals surface area contributed by atoms with Crippen LogP contribution in [0.5, 0.6) is 0 Å². The van der Waals surface area contributed by atoms with Gasteiger partial charge in [-0.05, 0) is 39.1 Å². The molecule has 0 unspecified atom stereocenters. The maximum absolute atomic E-state index is 13.9. The monoisotopic (exact) mass is 321 g/mol. The molecular weight excluding hydrogens is 300 g/mol. The van der Waals surface area contributed by atoms with Crippen LogP contribution in [0.25, 0.3) is 10.9 Å². The molecule has 3 rings (SSSR count). The lowest BCUT2D eigenvalue weighted by molar-refractivity contribution is -0.000615. The van der Waals surface area contributed by atoms with E-state index in [1.807, 2.05) is 0 Å². The first kappa shape index (κ1) is 16.1. The van der Waals surface area contributed by atoms with E-state index in [0.717, 1.165) is 32.1 Å². The van der Waals surface area contributed by atoms with Crippen molar-refractivity contribution >= 4 is 16.6 Å². The maximum Gasteiger partial charge on any atom is 0.152 e. The normalized spacial score (nSPS) is 17.6. The fourth-order valence-electron chi connectivity index (χ4n) is 3.13. The number of likely N-dealkylation sites (N-methyl/N-ethyl adjacent to an activating group) is 1. The molecule has 6 heteroatoms. The Hall–Kier alpha value is -1.79. The van der Waals surface area contributed by atoms with Gasteiger partial charge in [0.05, 0.1) is 0 Å². The lowest BCUT2D eigenvalue weighted by Crippen LogP contribution is -2.53. The number of ether oxygens (including phenoxy) is 1. The van der Waals surface area contributed by atoms with E-state index in [0.29, 0.717) is 17.6 Å². The predicted molar refractivity (Wildman–Crippen MR) is 86.6 cm³/mol. The molecule has 1 aromatic carbocycles. The Morgan fingerprint density at radius 3 is 2.70 bits per heavy atom. The van der Waals surface area contributed by atoms with Gasteiger partial charge >= 0.3 is 0 Å². The lowest BCUT2D eigenvalue weighted by Gasteiger charge is -2.43. The summed E-state index contributed by atoms with van der Waals surface area (Å²) in [6.45, 7) is 2.13. The second-order valence-corrected chi connectivity index (χ2v) is 6.23. The number of pyridine rings is 1. The second kappa shape index (κ2) is 6.37. The molecule has 0 atom stereocenters. The average Bonchev–Trinajstić information content (AvgIpc) is 2.53. The van der Waals surface area contributed by atoms with E-state index >= 15 is 0 Å². The van der Waals surface area contributed by atoms with Crippen LogP contribution in [-0.4, -0.2) is 49.3 Å². The Balaban J connectivity index is 1.89. The summed E-state index contributed by atoms with van der Waals surface area (Å²) in [5, 5.41) is 3.83. The number of hydrogen-bond acceptors (Lipinski definition) is 4. The van der Waals surface area contributed by atoms with Gasteiger partial charge in [-0.2, -0.15) is 0 Å². The number of anilines is 1. The molecule has 1 aliphatic rings. The van der Waals surface area contributed by atoms with Crippen molar-refractivity contribution in [3.8, 4) is 0 Å². The van der Waals surface area contributed by atoms with Crippen LogP contribution in [0, 0.1) is 11.6 Å². The van der Waals surface area contributed by atoms with Gasteiger partial charge in [-0.3, -0.25) is 4.98 Å².